The smallest absolute Gasteiger partial charge is 0.212 e. The Morgan fingerprint density at radius 3 is 2.41 bits per heavy atom. The lowest BCUT2D eigenvalue weighted by Gasteiger charge is -2.29. The van der Waals surface area contributed by atoms with Crippen LogP contribution in [0.15, 0.2) is 0 Å². The van der Waals surface area contributed by atoms with E-state index in [0.717, 1.165) is 19.3 Å². The quantitative estimate of drug-likeness (QED) is 0.782. The summed E-state index contributed by atoms with van der Waals surface area (Å²) in [5, 5.41) is 3.52. The number of piperidine rings is 1. The minimum absolute atomic E-state index is 0.155. The lowest BCUT2D eigenvalue weighted by Crippen LogP contribution is -2.48. The summed E-state index contributed by atoms with van der Waals surface area (Å²) in [6, 6.07) is 1.22. The minimum atomic E-state index is -3.09. The Morgan fingerprint density at radius 1 is 1.29 bits per heavy atom. The third kappa shape index (κ3) is 3.66. The van der Waals surface area contributed by atoms with E-state index in [1.807, 2.05) is 13.8 Å². The second-order valence-electron chi connectivity index (χ2n) is 5.72. The summed E-state index contributed by atoms with van der Waals surface area (Å²) in [5.74, 6) is 0.508. The van der Waals surface area contributed by atoms with Gasteiger partial charge in [-0.3, -0.25) is 0 Å². The molecule has 0 radical (unpaired) electrons. The van der Waals surface area contributed by atoms with Crippen molar-refractivity contribution in [3.63, 3.8) is 0 Å². The molecule has 0 amide bonds. The van der Waals surface area contributed by atoms with Gasteiger partial charge in [-0.2, -0.15) is 0 Å². The van der Waals surface area contributed by atoms with Crippen molar-refractivity contribution in [3.8, 4) is 0 Å². The first kappa shape index (κ1) is 13.3. The van der Waals surface area contributed by atoms with Crippen molar-refractivity contribution < 1.29 is 8.42 Å². The second kappa shape index (κ2) is 5.24. The van der Waals surface area contributed by atoms with Gasteiger partial charge in [0.1, 0.15) is 0 Å². The molecule has 2 bridgehead atoms. The molecule has 3 atom stereocenters. The molecule has 0 saturated carbocycles. The molecule has 100 valence electrons. The molecule has 2 N–H and O–H groups in total. The summed E-state index contributed by atoms with van der Waals surface area (Å²) in [7, 11) is -3.09. The van der Waals surface area contributed by atoms with Gasteiger partial charge in [0, 0.05) is 18.1 Å². The molecule has 2 aliphatic rings. The Kier molecular flexibility index (Phi) is 4.10. The summed E-state index contributed by atoms with van der Waals surface area (Å²) < 4.78 is 26.8. The molecule has 2 saturated heterocycles. The maximum Gasteiger partial charge on any atom is 0.212 e. The Balaban J connectivity index is 1.88. The predicted molar refractivity (Wildman–Crippen MR) is 69.3 cm³/mol. The summed E-state index contributed by atoms with van der Waals surface area (Å²) in [6.07, 6.45) is 5.23. The fourth-order valence-electron chi connectivity index (χ4n) is 2.95. The highest BCUT2D eigenvalue weighted by Crippen LogP contribution is 2.27. The summed E-state index contributed by atoms with van der Waals surface area (Å²) in [5.41, 5.74) is 0. The van der Waals surface area contributed by atoms with E-state index >= 15 is 0 Å². The molecular weight excluding hydrogens is 236 g/mol. The van der Waals surface area contributed by atoms with Crippen LogP contribution in [-0.2, 0) is 10.0 Å². The largest absolute Gasteiger partial charge is 0.311 e. The van der Waals surface area contributed by atoms with Crippen molar-refractivity contribution in [2.24, 2.45) is 5.92 Å². The Labute approximate surface area is 105 Å². The minimum Gasteiger partial charge on any atom is -0.311 e. The molecule has 0 aromatic carbocycles. The van der Waals surface area contributed by atoms with Crippen LogP contribution in [0.5, 0.6) is 0 Å². The molecule has 0 aromatic rings. The number of hydrogen-bond donors (Lipinski definition) is 2. The molecule has 5 heteroatoms. The van der Waals surface area contributed by atoms with E-state index < -0.39 is 10.0 Å². The highest BCUT2D eigenvalue weighted by atomic mass is 32.2. The van der Waals surface area contributed by atoms with E-state index in [-0.39, 0.29) is 17.7 Å². The fourth-order valence-corrected chi connectivity index (χ4v) is 4.73. The average Bonchev–Trinajstić information content (AvgIpc) is 2.56. The van der Waals surface area contributed by atoms with Gasteiger partial charge in [0.25, 0.3) is 0 Å². The Bertz CT molecular complexity index is 344. The molecule has 2 fully saturated rings. The van der Waals surface area contributed by atoms with Crippen LogP contribution >= 0.6 is 0 Å². The zero-order valence-electron chi connectivity index (χ0n) is 10.8. The zero-order valence-corrected chi connectivity index (χ0v) is 11.6. The third-order valence-corrected chi connectivity index (χ3v) is 5.72. The highest BCUT2D eigenvalue weighted by molar-refractivity contribution is 7.89. The fraction of sp³-hybridized carbons (Fsp3) is 1.00. The molecule has 2 rings (SSSR count). The highest BCUT2D eigenvalue weighted by Gasteiger charge is 2.35. The van der Waals surface area contributed by atoms with Gasteiger partial charge in [-0.25, -0.2) is 13.1 Å². The molecule has 0 aliphatic carbocycles. The van der Waals surface area contributed by atoms with Crippen molar-refractivity contribution in [1.29, 1.82) is 0 Å². The van der Waals surface area contributed by atoms with Crippen LogP contribution in [0.25, 0.3) is 0 Å². The monoisotopic (exact) mass is 260 g/mol. The van der Waals surface area contributed by atoms with Crippen molar-refractivity contribution >= 4 is 10.0 Å². The van der Waals surface area contributed by atoms with Gasteiger partial charge >= 0.3 is 0 Å². The predicted octanol–water partition coefficient (Wildman–Crippen LogP) is 1.23. The maximum atomic E-state index is 12.0. The molecule has 17 heavy (non-hydrogen) atoms. The number of fused-ring (bicyclic) bond motifs is 2. The number of hydrogen-bond acceptors (Lipinski definition) is 3. The summed E-state index contributed by atoms with van der Waals surface area (Å²) in [6.45, 7) is 4.02. The maximum absolute atomic E-state index is 12.0. The first-order valence-corrected chi connectivity index (χ1v) is 8.39. The number of sulfonamides is 1. The number of rotatable bonds is 5. The Hall–Kier alpha value is -0.130. The van der Waals surface area contributed by atoms with Crippen molar-refractivity contribution in [2.75, 3.05) is 5.75 Å². The lowest BCUT2D eigenvalue weighted by atomic mass is 10.0. The molecule has 0 spiro atoms. The van der Waals surface area contributed by atoms with Crippen LogP contribution in [0.1, 0.15) is 46.0 Å². The van der Waals surface area contributed by atoms with Crippen molar-refractivity contribution in [1.82, 2.24) is 10.0 Å². The molecule has 3 unspecified atom stereocenters. The van der Waals surface area contributed by atoms with Crippen LogP contribution in [0.4, 0.5) is 0 Å². The van der Waals surface area contributed by atoms with E-state index in [1.54, 1.807) is 0 Å². The van der Waals surface area contributed by atoms with E-state index in [9.17, 15) is 8.42 Å². The summed E-state index contributed by atoms with van der Waals surface area (Å²) in [4.78, 5) is 0. The lowest BCUT2D eigenvalue weighted by molar-refractivity contribution is 0.344. The second-order valence-corrected chi connectivity index (χ2v) is 7.52. The van der Waals surface area contributed by atoms with Crippen molar-refractivity contribution in [3.05, 3.63) is 0 Å². The van der Waals surface area contributed by atoms with Crippen LogP contribution in [-0.4, -0.2) is 32.3 Å². The van der Waals surface area contributed by atoms with Crippen LogP contribution < -0.4 is 10.0 Å². The first-order valence-electron chi connectivity index (χ1n) is 6.74. The zero-order chi connectivity index (χ0) is 12.5. The van der Waals surface area contributed by atoms with Crippen LogP contribution in [0, 0.1) is 5.92 Å². The molecular formula is C12H24N2O2S. The first-order chi connectivity index (χ1) is 7.98. The van der Waals surface area contributed by atoms with Gasteiger partial charge in [0.15, 0.2) is 0 Å². The standard InChI is InChI=1S/C12H24N2O2S/c1-3-9(2)8-17(15,16)14-12-6-10-4-5-11(7-12)13-10/h9-14H,3-8H2,1-2H3. The summed E-state index contributed by atoms with van der Waals surface area (Å²) >= 11 is 0. The van der Waals surface area contributed by atoms with E-state index in [4.69, 9.17) is 0 Å². The SMILES string of the molecule is CCC(C)CS(=O)(=O)NC1CC2CCC(C1)N2. The molecule has 4 nitrogen and oxygen atoms in total. The molecule has 0 aromatic heterocycles. The third-order valence-electron chi connectivity index (χ3n) is 4.02. The normalized spacial score (nSPS) is 34.8. The van der Waals surface area contributed by atoms with E-state index in [2.05, 4.69) is 10.0 Å². The van der Waals surface area contributed by atoms with Gasteiger partial charge < -0.3 is 5.32 Å². The van der Waals surface area contributed by atoms with Crippen molar-refractivity contribution in [2.45, 2.75) is 64.1 Å². The van der Waals surface area contributed by atoms with Gasteiger partial charge in [-0.15, -0.1) is 0 Å². The van der Waals surface area contributed by atoms with E-state index in [0.29, 0.717) is 12.1 Å². The number of nitrogens with one attached hydrogen (secondary N) is 2. The Morgan fingerprint density at radius 2 is 1.88 bits per heavy atom. The molecule has 2 heterocycles. The van der Waals surface area contributed by atoms with Crippen LogP contribution in [0.3, 0.4) is 0 Å². The van der Waals surface area contributed by atoms with Gasteiger partial charge in [-0.1, -0.05) is 20.3 Å². The average molecular weight is 260 g/mol. The van der Waals surface area contributed by atoms with Crippen LogP contribution in [0.2, 0.25) is 0 Å². The molecule has 2 aliphatic heterocycles. The topological polar surface area (TPSA) is 58.2 Å². The van der Waals surface area contributed by atoms with Gasteiger partial charge in [0.05, 0.1) is 5.75 Å². The van der Waals surface area contributed by atoms with E-state index in [1.165, 1.54) is 12.8 Å². The van der Waals surface area contributed by atoms with Gasteiger partial charge in [-0.05, 0) is 31.6 Å². The van der Waals surface area contributed by atoms with Gasteiger partial charge in [0.2, 0.25) is 10.0 Å².